The first-order valence-electron chi connectivity index (χ1n) is 4.28. The number of carbonyl (C=O) groups is 1. The van der Waals surface area contributed by atoms with Crippen LogP contribution in [0, 0.1) is 6.92 Å². The third kappa shape index (κ3) is 1.87. The molecule has 0 saturated heterocycles. The van der Waals surface area contributed by atoms with E-state index in [0.29, 0.717) is 5.01 Å². The van der Waals surface area contributed by atoms with Gasteiger partial charge in [-0.3, -0.25) is 4.98 Å². The summed E-state index contributed by atoms with van der Waals surface area (Å²) in [6, 6.07) is 1.87. The molecule has 2 aromatic heterocycles. The Morgan fingerprint density at radius 2 is 2.33 bits per heavy atom. The molecular weight excluding hydrogens is 212 g/mol. The average Bonchev–Trinajstić information content (AvgIpc) is 2.67. The lowest BCUT2D eigenvalue weighted by Gasteiger charge is -1.98. The van der Waals surface area contributed by atoms with Gasteiger partial charge in [-0.2, -0.15) is 0 Å². The van der Waals surface area contributed by atoms with E-state index in [0.717, 1.165) is 11.1 Å². The highest BCUT2D eigenvalue weighted by atomic mass is 32.1. The summed E-state index contributed by atoms with van der Waals surface area (Å²) in [4.78, 5) is 18.7. The molecule has 0 aliphatic heterocycles. The first kappa shape index (κ1) is 9.79. The van der Waals surface area contributed by atoms with E-state index in [1.54, 1.807) is 12.4 Å². The SMILES string of the molecule is Cc1ccncc1-c1nc(C(=O)O)cs1. The molecule has 1 N–H and O–H groups in total. The smallest absolute Gasteiger partial charge is 0.355 e. The van der Waals surface area contributed by atoms with Crippen molar-refractivity contribution in [3.05, 3.63) is 35.1 Å². The standard InChI is InChI=1S/C10H8N2O2S/c1-6-2-3-11-4-7(6)9-12-8(5-15-9)10(13)14/h2-5H,1H3,(H,13,14). The predicted molar refractivity (Wildman–Crippen MR) is 57.0 cm³/mol. The summed E-state index contributed by atoms with van der Waals surface area (Å²) in [7, 11) is 0. The van der Waals surface area contributed by atoms with Gasteiger partial charge in [0.2, 0.25) is 0 Å². The second kappa shape index (κ2) is 3.78. The lowest BCUT2D eigenvalue weighted by Crippen LogP contribution is -1.95. The second-order valence-corrected chi connectivity index (χ2v) is 3.89. The molecule has 0 unspecified atom stereocenters. The van der Waals surface area contributed by atoms with Crippen molar-refractivity contribution in [1.29, 1.82) is 0 Å². The molecule has 2 rings (SSSR count). The minimum atomic E-state index is -1.00. The molecule has 4 nitrogen and oxygen atoms in total. The number of nitrogens with zero attached hydrogens (tertiary/aromatic N) is 2. The number of hydrogen-bond acceptors (Lipinski definition) is 4. The van der Waals surface area contributed by atoms with Crippen molar-refractivity contribution in [2.45, 2.75) is 6.92 Å². The number of aromatic carboxylic acids is 1. The Morgan fingerprint density at radius 1 is 1.53 bits per heavy atom. The van der Waals surface area contributed by atoms with E-state index in [2.05, 4.69) is 9.97 Å². The topological polar surface area (TPSA) is 63.1 Å². The van der Waals surface area contributed by atoms with Crippen molar-refractivity contribution < 1.29 is 9.90 Å². The lowest BCUT2D eigenvalue weighted by molar-refractivity contribution is 0.0691. The molecular formula is C10H8N2O2S. The number of pyridine rings is 1. The van der Waals surface area contributed by atoms with Crippen LogP contribution in [0.4, 0.5) is 0 Å². The highest BCUT2D eigenvalue weighted by Crippen LogP contribution is 2.25. The lowest BCUT2D eigenvalue weighted by atomic mass is 10.2. The molecule has 0 radical (unpaired) electrons. The predicted octanol–water partition coefficient (Wildman–Crippen LogP) is 2.21. The molecule has 2 heterocycles. The Bertz CT molecular complexity index is 508. The third-order valence-electron chi connectivity index (χ3n) is 1.99. The van der Waals surface area contributed by atoms with Gasteiger partial charge in [0.25, 0.3) is 0 Å². The Hall–Kier alpha value is -1.75. The van der Waals surface area contributed by atoms with Crippen molar-refractivity contribution in [1.82, 2.24) is 9.97 Å². The molecule has 0 fully saturated rings. The van der Waals surface area contributed by atoms with Crippen LogP contribution in [-0.4, -0.2) is 21.0 Å². The zero-order chi connectivity index (χ0) is 10.8. The van der Waals surface area contributed by atoms with Gasteiger partial charge in [0.15, 0.2) is 5.69 Å². The highest BCUT2D eigenvalue weighted by molar-refractivity contribution is 7.13. The number of thiazole rings is 1. The quantitative estimate of drug-likeness (QED) is 0.842. The number of carboxylic acids is 1. The summed E-state index contributed by atoms with van der Waals surface area (Å²) in [5.41, 5.74) is 2.00. The summed E-state index contributed by atoms with van der Waals surface area (Å²) in [5, 5.41) is 11.0. The van der Waals surface area contributed by atoms with E-state index in [4.69, 9.17) is 5.11 Å². The Kier molecular flexibility index (Phi) is 2.47. The summed E-state index contributed by atoms with van der Waals surface area (Å²) in [6.45, 7) is 1.94. The van der Waals surface area contributed by atoms with E-state index in [9.17, 15) is 4.79 Å². The van der Waals surface area contributed by atoms with Crippen molar-refractivity contribution >= 4 is 17.3 Å². The van der Waals surface area contributed by atoms with Gasteiger partial charge in [-0.05, 0) is 18.6 Å². The van der Waals surface area contributed by atoms with Crippen LogP contribution in [0.15, 0.2) is 23.8 Å². The van der Waals surface area contributed by atoms with Gasteiger partial charge in [-0.15, -0.1) is 11.3 Å². The van der Waals surface area contributed by atoms with E-state index in [-0.39, 0.29) is 5.69 Å². The van der Waals surface area contributed by atoms with Crippen molar-refractivity contribution in [2.24, 2.45) is 0 Å². The van der Waals surface area contributed by atoms with Crippen LogP contribution in [0.25, 0.3) is 10.6 Å². The van der Waals surface area contributed by atoms with Crippen LogP contribution < -0.4 is 0 Å². The van der Waals surface area contributed by atoms with E-state index in [1.807, 2.05) is 13.0 Å². The number of hydrogen-bond donors (Lipinski definition) is 1. The molecule has 0 aromatic carbocycles. The molecule has 0 saturated carbocycles. The van der Waals surface area contributed by atoms with Crippen molar-refractivity contribution in [3.8, 4) is 10.6 Å². The van der Waals surface area contributed by atoms with E-state index in [1.165, 1.54) is 16.7 Å². The third-order valence-corrected chi connectivity index (χ3v) is 2.87. The molecule has 0 spiro atoms. The number of carboxylic acid groups (broad SMARTS) is 1. The van der Waals surface area contributed by atoms with Gasteiger partial charge in [-0.25, -0.2) is 9.78 Å². The molecule has 0 bridgehead atoms. The zero-order valence-corrected chi connectivity index (χ0v) is 8.78. The summed E-state index contributed by atoms with van der Waals surface area (Å²) in [6.07, 6.45) is 3.39. The van der Waals surface area contributed by atoms with E-state index < -0.39 is 5.97 Å². The minimum Gasteiger partial charge on any atom is -0.476 e. The van der Waals surface area contributed by atoms with Gasteiger partial charge in [0.05, 0.1) is 0 Å². The molecule has 0 amide bonds. The van der Waals surface area contributed by atoms with Crippen LogP contribution >= 0.6 is 11.3 Å². The second-order valence-electron chi connectivity index (χ2n) is 3.03. The largest absolute Gasteiger partial charge is 0.476 e. The maximum atomic E-state index is 10.7. The molecule has 0 atom stereocenters. The molecule has 76 valence electrons. The average molecular weight is 220 g/mol. The van der Waals surface area contributed by atoms with Crippen LogP contribution in [0.1, 0.15) is 16.1 Å². The monoisotopic (exact) mass is 220 g/mol. The molecule has 0 aliphatic carbocycles. The summed E-state index contributed by atoms with van der Waals surface area (Å²) < 4.78 is 0. The highest BCUT2D eigenvalue weighted by Gasteiger charge is 2.11. The first-order valence-corrected chi connectivity index (χ1v) is 5.16. The summed E-state index contributed by atoms with van der Waals surface area (Å²) in [5.74, 6) is -1.00. The summed E-state index contributed by atoms with van der Waals surface area (Å²) >= 11 is 1.31. The van der Waals surface area contributed by atoms with Gasteiger partial charge in [0, 0.05) is 23.3 Å². The first-order chi connectivity index (χ1) is 7.18. The maximum Gasteiger partial charge on any atom is 0.355 e. The number of rotatable bonds is 2. The zero-order valence-electron chi connectivity index (χ0n) is 7.97. The maximum absolute atomic E-state index is 10.7. The normalized spacial score (nSPS) is 10.2. The van der Waals surface area contributed by atoms with Crippen LogP contribution in [-0.2, 0) is 0 Å². The molecule has 0 aliphatic rings. The minimum absolute atomic E-state index is 0.0817. The number of aromatic nitrogens is 2. The van der Waals surface area contributed by atoms with Gasteiger partial charge in [-0.1, -0.05) is 0 Å². The fourth-order valence-electron chi connectivity index (χ4n) is 1.18. The van der Waals surface area contributed by atoms with Gasteiger partial charge < -0.3 is 5.11 Å². The molecule has 15 heavy (non-hydrogen) atoms. The van der Waals surface area contributed by atoms with Crippen molar-refractivity contribution in [2.75, 3.05) is 0 Å². The fourth-order valence-corrected chi connectivity index (χ4v) is 2.05. The van der Waals surface area contributed by atoms with Crippen LogP contribution in [0.5, 0.6) is 0 Å². The fraction of sp³-hybridized carbons (Fsp3) is 0.100. The number of aryl methyl sites for hydroxylation is 1. The molecule has 2 aromatic rings. The van der Waals surface area contributed by atoms with Crippen LogP contribution in [0.2, 0.25) is 0 Å². The Morgan fingerprint density at radius 3 is 2.93 bits per heavy atom. The van der Waals surface area contributed by atoms with Gasteiger partial charge in [0.1, 0.15) is 5.01 Å². The Labute approximate surface area is 90.3 Å². The van der Waals surface area contributed by atoms with Crippen LogP contribution in [0.3, 0.4) is 0 Å². The molecule has 5 heteroatoms. The van der Waals surface area contributed by atoms with Gasteiger partial charge >= 0.3 is 5.97 Å². The van der Waals surface area contributed by atoms with E-state index >= 15 is 0 Å². The van der Waals surface area contributed by atoms with Crippen molar-refractivity contribution in [3.63, 3.8) is 0 Å². The Balaban J connectivity index is 2.46.